The third kappa shape index (κ3) is 5.80. The first-order chi connectivity index (χ1) is 9.38. The summed E-state index contributed by atoms with van der Waals surface area (Å²) >= 11 is 0. The van der Waals surface area contributed by atoms with E-state index >= 15 is 0 Å². The van der Waals surface area contributed by atoms with Gasteiger partial charge in [-0.15, -0.1) is 0 Å². The van der Waals surface area contributed by atoms with Crippen molar-refractivity contribution in [2.75, 3.05) is 20.3 Å². The molecule has 0 aromatic rings. The average molecular weight is 269 g/mol. The Morgan fingerprint density at radius 3 is 2.53 bits per heavy atom. The van der Waals surface area contributed by atoms with E-state index in [2.05, 4.69) is 5.32 Å². The molecule has 1 N–H and O–H groups in total. The van der Waals surface area contributed by atoms with Crippen molar-refractivity contribution in [3.8, 4) is 0 Å². The minimum atomic E-state index is 0.430. The highest BCUT2D eigenvalue weighted by Crippen LogP contribution is 2.23. The van der Waals surface area contributed by atoms with Gasteiger partial charge >= 0.3 is 0 Å². The van der Waals surface area contributed by atoms with Gasteiger partial charge in [0, 0.05) is 19.8 Å². The van der Waals surface area contributed by atoms with Crippen LogP contribution in [0.4, 0.5) is 0 Å². The van der Waals surface area contributed by atoms with Crippen LogP contribution < -0.4 is 5.32 Å². The SMILES string of the molecule is COC1CCCC(OCCCNC2CCCCC2)C1. The van der Waals surface area contributed by atoms with E-state index in [1.165, 1.54) is 51.4 Å². The predicted molar refractivity (Wildman–Crippen MR) is 78.5 cm³/mol. The molecule has 2 saturated carbocycles. The molecule has 2 rings (SSSR count). The molecule has 2 unspecified atom stereocenters. The zero-order chi connectivity index (χ0) is 13.3. The van der Waals surface area contributed by atoms with Crippen molar-refractivity contribution >= 4 is 0 Å². The maximum Gasteiger partial charge on any atom is 0.0599 e. The molecule has 0 aromatic heterocycles. The number of hydrogen-bond acceptors (Lipinski definition) is 3. The third-order valence-electron chi connectivity index (χ3n) is 4.62. The van der Waals surface area contributed by atoms with E-state index in [1.807, 2.05) is 7.11 Å². The van der Waals surface area contributed by atoms with Crippen LogP contribution in [0.15, 0.2) is 0 Å². The van der Waals surface area contributed by atoms with Gasteiger partial charge in [0.05, 0.1) is 12.2 Å². The number of ether oxygens (including phenoxy) is 2. The number of nitrogens with one attached hydrogen (secondary N) is 1. The van der Waals surface area contributed by atoms with Gasteiger partial charge in [0.1, 0.15) is 0 Å². The molecule has 0 aromatic carbocycles. The third-order valence-corrected chi connectivity index (χ3v) is 4.62. The number of rotatable bonds is 7. The molecule has 0 bridgehead atoms. The van der Waals surface area contributed by atoms with Crippen LogP contribution >= 0.6 is 0 Å². The van der Waals surface area contributed by atoms with Crippen LogP contribution in [0.5, 0.6) is 0 Å². The highest BCUT2D eigenvalue weighted by atomic mass is 16.5. The zero-order valence-electron chi connectivity index (χ0n) is 12.5. The van der Waals surface area contributed by atoms with Gasteiger partial charge in [-0.2, -0.15) is 0 Å². The molecule has 2 aliphatic carbocycles. The molecule has 3 heteroatoms. The minimum Gasteiger partial charge on any atom is -0.381 e. The Labute approximate surface area is 118 Å². The van der Waals surface area contributed by atoms with E-state index in [0.29, 0.717) is 12.2 Å². The van der Waals surface area contributed by atoms with Crippen LogP contribution in [0.25, 0.3) is 0 Å². The van der Waals surface area contributed by atoms with Gasteiger partial charge in [-0.1, -0.05) is 19.3 Å². The molecule has 0 spiro atoms. The number of methoxy groups -OCH3 is 1. The molecule has 19 heavy (non-hydrogen) atoms. The predicted octanol–water partition coefficient (Wildman–Crippen LogP) is 3.27. The highest BCUT2D eigenvalue weighted by Gasteiger charge is 2.21. The van der Waals surface area contributed by atoms with Crippen LogP contribution in [0, 0.1) is 0 Å². The lowest BCUT2D eigenvalue weighted by Crippen LogP contribution is -2.33. The van der Waals surface area contributed by atoms with Crippen molar-refractivity contribution in [1.29, 1.82) is 0 Å². The van der Waals surface area contributed by atoms with E-state index in [9.17, 15) is 0 Å². The lowest BCUT2D eigenvalue weighted by Gasteiger charge is -2.28. The Morgan fingerprint density at radius 2 is 1.74 bits per heavy atom. The van der Waals surface area contributed by atoms with E-state index in [1.54, 1.807) is 0 Å². The molecule has 0 heterocycles. The fourth-order valence-electron chi connectivity index (χ4n) is 3.40. The van der Waals surface area contributed by atoms with Crippen LogP contribution in [0.1, 0.15) is 64.2 Å². The van der Waals surface area contributed by atoms with Gasteiger partial charge in [-0.05, 0) is 51.5 Å². The van der Waals surface area contributed by atoms with Crippen LogP contribution in [0.2, 0.25) is 0 Å². The second-order valence-electron chi connectivity index (χ2n) is 6.16. The molecular weight excluding hydrogens is 238 g/mol. The normalized spacial score (nSPS) is 29.5. The van der Waals surface area contributed by atoms with Gasteiger partial charge in [0.2, 0.25) is 0 Å². The summed E-state index contributed by atoms with van der Waals surface area (Å²) in [6.07, 6.45) is 13.8. The average Bonchev–Trinajstić information content (AvgIpc) is 2.48. The van der Waals surface area contributed by atoms with Crippen molar-refractivity contribution in [3.05, 3.63) is 0 Å². The maximum atomic E-state index is 5.98. The summed E-state index contributed by atoms with van der Waals surface area (Å²) in [4.78, 5) is 0. The van der Waals surface area contributed by atoms with Crippen LogP contribution in [-0.2, 0) is 9.47 Å². The van der Waals surface area contributed by atoms with Gasteiger partial charge in [0.15, 0.2) is 0 Å². The highest BCUT2D eigenvalue weighted by molar-refractivity contribution is 4.74. The Bertz CT molecular complexity index is 229. The quantitative estimate of drug-likeness (QED) is 0.720. The Morgan fingerprint density at radius 1 is 0.947 bits per heavy atom. The van der Waals surface area contributed by atoms with Crippen molar-refractivity contribution in [3.63, 3.8) is 0 Å². The fourth-order valence-corrected chi connectivity index (χ4v) is 3.40. The number of hydrogen-bond donors (Lipinski definition) is 1. The fraction of sp³-hybridized carbons (Fsp3) is 1.00. The zero-order valence-corrected chi connectivity index (χ0v) is 12.5. The van der Waals surface area contributed by atoms with Gasteiger partial charge < -0.3 is 14.8 Å². The first-order valence-electron chi connectivity index (χ1n) is 8.26. The van der Waals surface area contributed by atoms with Crippen LogP contribution in [0.3, 0.4) is 0 Å². The summed E-state index contributed by atoms with van der Waals surface area (Å²) in [5.74, 6) is 0. The van der Waals surface area contributed by atoms with E-state index in [-0.39, 0.29) is 0 Å². The summed E-state index contributed by atoms with van der Waals surface area (Å²) in [6.45, 7) is 2.02. The summed E-state index contributed by atoms with van der Waals surface area (Å²) in [6, 6.07) is 0.779. The minimum absolute atomic E-state index is 0.430. The molecule has 2 fully saturated rings. The lowest BCUT2D eigenvalue weighted by atomic mass is 9.95. The molecular formula is C16H31NO2. The molecule has 2 atom stereocenters. The molecule has 3 nitrogen and oxygen atoms in total. The molecule has 0 amide bonds. The summed E-state index contributed by atoms with van der Waals surface area (Å²) < 4.78 is 11.4. The topological polar surface area (TPSA) is 30.5 Å². The van der Waals surface area contributed by atoms with E-state index in [0.717, 1.165) is 32.0 Å². The second kappa shape index (κ2) is 8.93. The first kappa shape index (κ1) is 15.3. The van der Waals surface area contributed by atoms with Crippen molar-refractivity contribution in [2.45, 2.75) is 82.5 Å². The van der Waals surface area contributed by atoms with E-state index in [4.69, 9.17) is 9.47 Å². The van der Waals surface area contributed by atoms with Crippen LogP contribution in [-0.4, -0.2) is 38.5 Å². The van der Waals surface area contributed by atoms with Crippen molar-refractivity contribution in [2.24, 2.45) is 0 Å². The smallest absolute Gasteiger partial charge is 0.0599 e. The van der Waals surface area contributed by atoms with Gasteiger partial charge in [-0.25, -0.2) is 0 Å². The molecule has 0 aliphatic heterocycles. The molecule has 2 aliphatic rings. The maximum absolute atomic E-state index is 5.98. The van der Waals surface area contributed by atoms with Crippen molar-refractivity contribution < 1.29 is 9.47 Å². The molecule has 0 saturated heterocycles. The Balaban J connectivity index is 1.47. The molecule has 112 valence electrons. The monoisotopic (exact) mass is 269 g/mol. The summed E-state index contributed by atoms with van der Waals surface area (Å²) in [5.41, 5.74) is 0. The molecule has 0 radical (unpaired) electrons. The van der Waals surface area contributed by atoms with Gasteiger partial charge in [0.25, 0.3) is 0 Å². The van der Waals surface area contributed by atoms with Crippen molar-refractivity contribution in [1.82, 2.24) is 5.32 Å². The van der Waals surface area contributed by atoms with Gasteiger partial charge in [-0.3, -0.25) is 0 Å². The standard InChI is InChI=1S/C16H31NO2/c1-18-15-9-5-10-16(13-15)19-12-6-11-17-14-7-3-2-4-8-14/h14-17H,2-13H2,1H3. The largest absolute Gasteiger partial charge is 0.381 e. The van der Waals surface area contributed by atoms with E-state index < -0.39 is 0 Å². The first-order valence-corrected chi connectivity index (χ1v) is 8.26. The summed E-state index contributed by atoms with van der Waals surface area (Å²) in [5, 5.41) is 3.67. The second-order valence-corrected chi connectivity index (χ2v) is 6.16. The summed E-state index contributed by atoms with van der Waals surface area (Å²) in [7, 11) is 1.82. The Kier molecular flexibility index (Phi) is 7.18. The lowest BCUT2D eigenvalue weighted by molar-refractivity contribution is -0.0299. The Hall–Kier alpha value is -0.120.